The number of anilines is 2. The molecule has 1 aromatic carbocycles. The van der Waals surface area contributed by atoms with Crippen molar-refractivity contribution in [2.45, 2.75) is 6.92 Å². The molecular formula is C13H13N3O3. The zero-order valence-electron chi connectivity index (χ0n) is 10.2. The molecule has 1 heterocycles. The van der Waals surface area contributed by atoms with E-state index in [-0.39, 0.29) is 17.1 Å². The third-order valence-corrected chi connectivity index (χ3v) is 2.56. The molecule has 2 aromatic rings. The standard InChI is InChI=1S/C13H13N3O3/c1-7-2-12(15-6-11(7)14)16-13(19)8-3-9(17)5-10(18)4-8/h2-6,17-18H,14H2,1H3,(H,15,16,19). The van der Waals surface area contributed by atoms with E-state index in [2.05, 4.69) is 10.3 Å². The molecule has 0 bridgehead atoms. The van der Waals surface area contributed by atoms with Gasteiger partial charge in [0.25, 0.3) is 5.91 Å². The lowest BCUT2D eigenvalue weighted by Crippen LogP contribution is -2.13. The number of hydrogen-bond donors (Lipinski definition) is 4. The highest BCUT2D eigenvalue weighted by Gasteiger charge is 2.10. The molecule has 5 N–H and O–H groups in total. The van der Waals surface area contributed by atoms with E-state index in [1.54, 1.807) is 13.0 Å². The molecule has 0 saturated heterocycles. The third kappa shape index (κ3) is 2.92. The molecule has 2 rings (SSSR count). The zero-order valence-corrected chi connectivity index (χ0v) is 10.2. The number of carbonyl (C=O) groups is 1. The van der Waals surface area contributed by atoms with E-state index in [9.17, 15) is 15.0 Å². The number of phenolic OH excluding ortho intramolecular Hbond substituents is 2. The summed E-state index contributed by atoms with van der Waals surface area (Å²) in [5.74, 6) is -0.513. The number of rotatable bonds is 2. The summed E-state index contributed by atoms with van der Waals surface area (Å²) in [6.07, 6.45) is 1.45. The first-order chi connectivity index (χ1) is 8.95. The molecule has 0 aliphatic heterocycles. The Kier molecular flexibility index (Phi) is 3.24. The lowest BCUT2D eigenvalue weighted by molar-refractivity contribution is 0.102. The van der Waals surface area contributed by atoms with Crippen molar-refractivity contribution in [3.8, 4) is 11.5 Å². The fraction of sp³-hybridized carbons (Fsp3) is 0.0769. The molecular weight excluding hydrogens is 246 g/mol. The molecule has 19 heavy (non-hydrogen) atoms. The van der Waals surface area contributed by atoms with Crippen LogP contribution < -0.4 is 11.1 Å². The highest BCUT2D eigenvalue weighted by atomic mass is 16.3. The number of nitrogens with two attached hydrogens (primary N) is 1. The molecule has 0 fully saturated rings. The summed E-state index contributed by atoms with van der Waals surface area (Å²) in [7, 11) is 0. The molecule has 6 heteroatoms. The van der Waals surface area contributed by atoms with Crippen molar-refractivity contribution in [3.63, 3.8) is 0 Å². The summed E-state index contributed by atoms with van der Waals surface area (Å²) in [5, 5.41) is 21.2. The maximum atomic E-state index is 11.9. The van der Waals surface area contributed by atoms with Gasteiger partial charge in [0.1, 0.15) is 17.3 Å². The van der Waals surface area contributed by atoms with Crippen LogP contribution in [0.15, 0.2) is 30.5 Å². The van der Waals surface area contributed by atoms with Gasteiger partial charge in [-0.3, -0.25) is 4.79 Å². The number of nitrogens with zero attached hydrogens (tertiary/aromatic N) is 1. The number of amides is 1. The largest absolute Gasteiger partial charge is 0.508 e. The maximum Gasteiger partial charge on any atom is 0.257 e. The second-order valence-electron chi connectivity index (χ2n) is 4.12. The summed E-state index contributed by atoms with van der Waals surface area (Å²) in [4.78, 5) is 15.9. The normalized spacial score (nSPS) is 10.2. The minimum Gasteiger partial charge on any atom is -0.508 e. The number of carbonyl (C=O) groups excluding carboxylic acids is 1. The highest BCUT2D eigenvalue weighted by molar-refractivity contribution is 6.04. The summed E-state index contributed by atoms with van der Waals surface area (Å²) in [6, 6.07) is 5.27. The molecule has 0 aliphatic rings. The fourth-order valence-corrected chi connectivity index (χ4v) is 1.55. The molecule has 98 valence electrons. The lowest BCUT2D eigenvalue weighted by atomic mass is 10.2. The lowest BCUT2D eigenvalue weighted by Gasteiger charge is -2.07. The maximum absolute atomic E-state index is 11.9. The monoisotopic (exact) mass is 259 g/mol. The SMILES string of the molecule is Cc1cc(NC(=O)c2cc(O)cc(O)c2)ncc1N. The van der Waals surface area contributed by atoms with E-state index in [0.717, 1.165) is 11.6 Å². The van der Waals surface area contributed by atoms with Gasteiger partial charge in [-0.1, -0.05) is 0 Å². The Hall–Kier alpha value is -2.76. The number of nitrogen functional groups attached to an aromatic ring is 1. The molecule has 0 unspecified atom stereocenters. The summed E-state index contributed by atoms with van der Waals surface area (Å²) in [6.45, 7) is 1.80. The molecule has 0 saturated carbocycles. The van der Waals surface area contributed by atoms with Crippen molar-refractivity contribution in [2.75, 3.05) is 11.1 Å². The first kappa shape index (κ1) is 12.7. The van der Waals surface area contributed by atoms with E-state index >= 15 is 0 Å². The van der Waals surface area contributed by atoms with Crippen LogP contribution in [0.5, 0.6) is 11.5 Å². The smallest absolute Gasteiger partial charge is 0.257 e. The Morgan fingerprint density at radius 3 is 2.42 bits per heavy atom. The minimum absolute atomic E-state index is 0.133. The van der Waals surface area contributed by atoms with Crippen molar-refractivity contribution < 1.29 is 15.0 Å². The Bertz CT molecular complexity index is 621. The number of aromatic nitrogens is 1. The Morgan fingerprint density at radius 1 is 1.21 bits per heavy atom. The van der Waals surface area contributed by atoms with Crippen molar-refractivity contribution in [1.29, 1.82) is 0 Å². The van der Waals surface area contributed by atoms with Crippen LogP contribution in [-0.2, 0) is 0 Å². The Balaban J connectivity index is 2.22. The van der Waals surface area contributed by atoms with Crippen LogP contribution in [0.2, 0.25) is 0 Å². The number of pyridine rings is 1. The predicted octanol–water partition coefficient (Wildman–Crippen LogP) is 1.64. The second-order valence-corrected chi connectivity index (χ2v) is 4.12. The van der Waals surface area contributed by atoms with Crippen LogP contribution in [0.1, 0.15) is 15.9 Å². The van der Waals surface area contributed by atoms with Gasteiger partial charge in [0.05, 0.1) is 11.9 Å². The zero-order chi connectivity index (χ0) is 14.0. The fourth-order valence-electron chi connectivity index (χ4n) is 1.55. The first-order valence-corrected chi connectivity index (χ1v) is 5.52. The molecule has 0 aliphatic carbocycles. The summed E-state index contributed by atoms with van der Waals surface area (Å²) < 4.78 is 0. The van der Waals surface area contributed by atoms with Gasteiger partial charge < -0.3 is 21.3 Å². The minimum atomic E-state index is -0.483. The molecule has 1 amide bonds. The van der Waals surface area contributed by atoms with E-state index < -0.39 is 5.91 Å². The number of aryl methyl sites for hydroxylation is 1. The summed E-state index contributed by atoms with van der Waals surface area (Å²) >= 11 is 0. The Labute approximate surface area is 109 Å². The topological polar surface area (TPSA) is 108 Å². The van der Waals surface area contributed by atoms with Gasteiger partial charge in [0.2, 0.25) is 0 Å². The number of hydrogen-bond acceptors (Lipinski definition) is 5. The van der Waals surface area contributed by atoms with Gasteiger partial charge in [-0.2, -0.15) is 0 Å². The van der Waals surface area contributed by atoms with Gasteiger partial charge in [-0.05, 0) is 30.7 Å². The quantitative estimate of drug-likeness (QED) is 0.655. The van der Waals surface area contributed by atoms with Gasteiger partial charge in [-0.25, -0.2) is 4.98 Å². The van der Waals surface area contributed by atoms with E-state index in [4.69, 9.17) is 5.73 Å². The summed E-state index contributed by atoms with van der Waals surface area (Å²) in [5.41, 5.74) is 7.09. The van der Waals surface area contributed by atoms with Crippen LogP contribution in [-0.4, -0.2) is 21.1 Å². The first-order valence-electron chi connectivity index (χ1n) is 5.52. The predicted molar refractivity (Wildman–Crippen MR) is 71.1 cm³/mol. The Morgan fingerprint density at radius 2 is 1.84 bits per heavy atom. The van der Waals surface area contributed by atoms with Crippen molar-refractivity contribution >= 4 is 17.4 Å². The third-order valence-electron chi connectivity index (χ3n) is 2.56. The number of aromatic hydroxyl groups is 2. The molecule has 1 aromatic heterocycles. The van der Waals surface area contributed by atoms with Gasteiger partial charge in [-0.15, -0.1) is 0 Å². The van der Waals surface area contributed by atoms with Crippen molar-refractivity contribution in [3.05, 3.63) is 41.6 Å². The van der Waals surface area contributed by atoms with Crippen LogP contribution >= 0.6 is 0 Å². The van der Waals surface area contributed by atoms with E-state index in [1.165, 1.54) is 18.3 Å². The number of benzene rings is 1. The van der Waals surface area contributed by atoms with Gasteiger partial charge in [0, 0.05) is 11.6 Å². The van der Waals surface area contributed by atoms with Gasteiger partial charge in [0.15, 0.2) is 0 Å². The van der Waals surface area contributed by atoms with Crippen molar-refractivity contribution in [2.24, 2.45) is 0 Å². The average molecular weight is 259 g/mol. The number of phenols is 2. The molecule has 6 nitrogen and oxygen atoms in total. The highest BCUT2D eigenvalue weighted by Crippen LogP contribution is 2.21. The van der Waals surface area contributed by atoms with Crippen LogP contribution in [0.4, 0.5) is 11.5 Å². The van der Waals surface area contributed by atoms with Gasteiger partial charge >= 0.3 is 0 Å². The van der Waals surface area contributed by atoms with Crippen LogP contribution in [0.3, 0.4) is 0 Å². The van der Waals surface area contributed by atoms with E-state index in [1.807, 2.05) is 0 Å². The molecule has 0 atom stereocenters. The van der Waals surface area contributed by atoms with Crippen LogP contribution in [0, 0.1) is 6.92 Å². The molecule has 0 radical (unpaired) electrons. The van der Waals surface area contributed by atoms with E-state index in [0.29, 0.717) is 11.5 Å². The van der Waals surface area contributed by atoms with Crippen LogP contribution in [0.25, 0.3) is 0 Å². The average Bonchev–Trinajstić information content (AvgIpc) is 2.32. The second kappa shape index (κ2) is 4.85. The van der Waals surface area contributed by atoms with Crippen molar-refractivity contribution in [1.82, 2.24) is 4.98 Å². The molecule has 0 spiro atoms. The number of nitrogens with one attached hydrogen (secondary N) is 1.